The molecular weight excluding hydrogens is 342 g/mol. The van der Waals surface area contributed by atoms with Crippen molar-refractivity contribution in [3.05, 3.63) is 69.5 Å². The fourth-order valence-electron chi connectivity index (χ4n) is 3.93. The number of amides is 1. The van der Waals surface area contributed by atoms with Crippen molar-refractivity contribution in [2.75, 3.05) is 18.8 Å². The molecular formula is C20H21N5O2. The summed E-state index contributed by atoms with van der Waals surface area (Å²) in [5.74, 6) is 0.142. The van der Waals surface area contributed by atoms with E-state index in [2.05, 4.69) is 16.8 Å². The van der Waals surface area contributed by atoms with Crippen LogP contribution in [0.3, 0.4) is 0 Å². The van der Waals surface area contributed by atoms with E-state index in [9.17, 15) is 9.59 Å². The van der Waals surface area contributed by atoms with Crippen LogP contribution in [-0.4, -0.2) is 45.3 Å². The van der Waals surface area contributed by atoms with E-state index >= 15 is 0 Å². The normalized spacial score (nSPS) is 21.1. The molecule has 7 nitrogen and oxygen atoms in total. The number of likely N-dealkylation sites (tertiary alicyclic amines) is 1. The molecule has 1 saturated heterocycles. The molecule has 2 aliphatic heterocycles. The topological polar surface area (TPSA) is 104 Å². The van der Waals surface area contributed by atoms with Crippen LogP contribution in [-0.2, 0) is 11.2 Å². The number of hydrogen-bond donors (Lipinski definition) is 2. The Kier molecular flexibility index (Phi) is 3.95. The highest BCUT2D eigenvalue weighted by molar-refractivity contribution is 6.17. The third kappa shape index (κ3) is 2.85. The van der Waals surface area contributed by atoms with Gasteiger partial charge in [0.25, 0.3) is 5.56 Å². The van der Waals surface area contributed by atoms with Crippen LogP contribution < -0.4 is 11.3 Å². The number of aryl methyl sites for hydroxylation is 1. The molecule has 0 radical (unpaired) electrons. The molecule has 3 heterocycles. The average Bonchev–Trinajstić information content (AvgIpc) is 3.07. The number of carbonyl (C=O) groups excluding carboxylic acids is 1. The highest BCUT2D eigenvalue weighted by Crippen LogP contribution is 2.36. The SMILES string of the molecule is C=CC(=O)N1CC[C@@]2(Cc3c(c(N)n[nH]c3=O)C(c3ccc(C)cc3)=N2)C1. The summed E-state index contributed by atoms with van der Waals surface area (Å²) in [6.07, 6.45) is 2.43. The number of nitrogens with two attached hydrogens (primary N) is 1. The zero-order chi connectivity index (χ0) is 19.2. The zero-order valence-electron chi connectivity index (χ0n) is 15.2. The quantitative estimate of drug-likeness (QED) is 0.783. The maximum atomic E-state index is 12.5. The number of H-pyrrole nitrogens is 1. The van der Waals surface area contributed by atoms with Crippen molar-refractivity contribution in [1.29, 1.82) is 0 Å². The Morgan fingerprint density at radius 3 is 2.81 bits per heavy atom. The molecule has 4 rings (SSSR count). The first-order chi connectivity index (χ1) is 12.9. The standard InChI is InChI=1S/C20H21N5O2/c1-3-15(26)25-9-8-20(11-25)10-14-16(18(21)23-24-19(14)27)17(22-20)13-6-4-12(2)5-7-13/h3-7H,1,8-11H2,2H3,(H2,21,23)(H,24,27)/t20-/m1/s1. The second-order valence-electron chi connectivity index (χ2n) is 7.23. The number of benzene rings is 1. The van der Waals surface area contributed by atoms with Crippen molar-refractivity contribution >= 4 is 17.4 Å². The monoisotopic (exact) mass is 363 g/mol. The van der Waals surface area contributed by atoms with Crippen molar-refractivity contribution in [3.8, 4) is 0 Å². The summed E-state index contributed by atoms with van der Waals surface area (Å²) in [7, 11) is 0. The van der Waals surface area contributed by atoms with Crippen LogP contribution in [0.4, 0.5) is 5.82 Å². The zero-order valence-corrected chi connectivity index (χ0v) is 15.2. The predicted molar refractivity (Wildman–Crippen MR) is 104 cm³/mol. The van der Waals surface area contributed by atoms with Crippen LogP contribution >= 0.6 is 0 Å². The minimum atomic E-state index is -0.535. The van der Waals surface area contributed by atoms with Crippen LogP contribution in [0.15, 0.2) is 46.7 Å². The minimum absolute atomic E-state index is 0.118. The Bertz CT molecular complexity index is 1020. The first-order valence-electron chi connectivity index (χ1n) is 8.88. The van der Waals surface area contributed by atoms with Gasteiger partial charge in [0.2, 0.25) is 5.91 Å². The van der Waals surface area contributed by atoms with Gasteiger partial charge in [-0.2, -0.15) is 5.10 Å². The predicted octanol–water partition coefficient (Wildman–Crippen LogP) is 1.21. The van der Waals surface area contributed by atoms with E-state index in [0.717, 1.165) is 11.1 Å². The number of aromatic nitrogens is 2. The van der Waals surface area contributed by atoms with Gasteiger partial charge in [-0.3, -0.25) is 14.6 Å². The Morgan fingerprint density at radius 1 is 1.37 bits per heavy atom. The molecule has 1 aromatic heterocycles. The van der Waals surface area contributed by atoms with Gasteiger partial charge in [-0.05, 0) is 19.4 Å². The second-order valence-corrected chi connectivity index (χ2v) is 7.23. The van der Waals surface area contributed by atoms with Crippen LogP contribution in [0.2, 0.25) is 0 Å². The number of fused-ring (bicyclic) bond motifs is 1. The molecule has 7 heteroatoms. The third-order valence-electron chi connectivity index (χ3n) is 5.35. The number of carbonyl (C=O) groups is 1. The van der Waals surface area contributed by atoms with Gasteiger partial charge in [0.1, 0.15) is 0 Å². The van der Waals surface area contributed by atoms with Gasteiger partial charge in [0, 0.05) is 30.6 Å². The molecule has 1 atom stereocenters. The molecule has 1 spiro atoms. The first kappa shape index (κ1) is 17.2. The molecule has 27 heavy (non-hydrogen) atoms. The molecule has 2 aromatic rings. The molecule has 138 valence electrons. The van der Waals surface area contributed by atoms with E-state index in [1.54, 1.807) is 4.90 Å². The summed E-state index contributed by atoms with van der Waals surface area (Å²) in [5, 5.41) is 6.42. The van der Waals surface area contributed by atoms with Gasteiger partial charge >= 0.3 is 0 Å². The highest BCUT2D eigenvalue weighted by Gasteiger charge is 2.44. The number of rotatable bonds is 2. The van der Waals surface area contributed by atoms with E-state index < -0.39 is 5.54 Å². The largest absolute Gasteiger partial charge is 0.382 e. The summed E-state index contributed by atoms with van der Waals surface area (Å²) < 4.78 is 0. The van der Waals surface area contributed by atoms with Crippen LogP contribution in [0.25, 0.3) is 0 Å². The molecule has 3 N–H and O–H groups in total. The Labute approximate surface area is 156 Å². The molecule has 2 aliphatic rings. The maximum Gasteiger partial charge on any atom is 0.268 e. The lowest BCUT2D eigenvalue weighted by Crippen LogP contribution is -2.42. The lowest BCUT2D eigenvalue weighted by atomic mass is 9.83. The van der Waals surface area contributed by atoms with E-state index in [-0.39, 0.29) is 17.3 Å². The van der Waals surface area contributed by atoms with Gasteiger partial charge in [0.05, 0.1) is 16.8 Å². The van der Waals surface area contributed by atoms with E-state index in [4.69, 9.17) is 10.7 Å². The lowest BCUT2D eigenvalue weighted by Gasteiger charge is -2.32. The Morgan fingerprint density at radius 2 is 2.11 bits per heavy atom. The smallest absolute Gasteiger partial charge is 0.268 e. The minimum Gasteiger partial charge on any atom is -0.382 e. The second kappa shape index (κ2) is 6.19. The van der Waals surface area contributed by atoms with E-state index in [1.807, 2.05) is 31.2 Å². The maximum absolute atomic E-state index is 12.5. The van der Waals surface area contributed by atoms with Crippen LogP contribution in [0, 0.1) is 6.92 Å². The van der Waals surface area contributed by atoms with Gasteiger partial charge in [-0.1, -0.05) is 36.4 Å². The van der Waals surface area contributed by atoms with E-state index in [1.165, 1.54) is 6.08 Å². The first-order valence-corrected chi connectivity index (χ1v) is 8.88. The van der Waals surface area contributed by atoms with Gasteiger partial charge in [-0.15, -0.1) is 0 Å². The fourth-order valence-corrected chi connectivity index (χ4v) is 3.93. The molecule has 1 fully saturated rings. The molecule has 0 bridgehead atoms. The van der Waals surface area contributed by atoms with E-state index in [0.29, 0.717) is 42.8 Å². The number of aliphatic imine (C=N–C) groups is 1. The van der Waals surface area contributed by atoms with Gasteiger partial charge in [0.15, 0.2) is 5.82 Å². The summed E-state index contributed by atoms with van der Waals surface area (Å²) in [5.41, 5.74) is 9.18. The molecule has 0 unspecified atom stereocenters. The Balaban J connectivity index is 1.88. The van der Waals surface area contributed by atoms with Crippen molar-refractivity contribution in [2.45, 2.75) is 25.3 Å². The fraction of sp³-hybridized carbons (Fsp3) is 0.300. The van der Waals surface area contributed by atoms with Gasteiger partial charge in [-0.25, -0.2) is 5.10 Å². The Hall–Kier alpha value is -3.22. The summed E-state index contributed by atoms with van der Waals surface area (Å²) in [6.45, 7) is 6.62. The number of nitrogens with one attached hydrogen (secondary N) is 1. The average molecular weight is 363 g/mol. The molecule has 0 saturated carbocycles. The third-order valence-corrected chi connectivity index (χ3v) is 5.35. The highest BCUT2D eigenvalue weighted by atomic mass is 16.2. The number of nitrogens with zero attached hydrogens (tertiary/aromatic N) is 3. The number of nitrogen functional groups attached to an aromatic ring is 1. The molecule has 1 amide bonds. The molecule has 0 aliphatic carbocycles. The van der Waals surface area contributed by atoms with Crippen molar-refractivity contribution in [2.24, 2.45) is 4.99 Å². The molecule has 1 aromatic carbocycles. The van der Waals surface area contributed by atoms with Crippen LogP contribution in [0.5, 0.6) is 0 Å². The van der Waals surface area contributed by atoms with Crippen LogP contribution in [0.1, 0.15) is 28.7 Å². The summed E-state index contributed by atoms with van der Waals surface area (Å²) in [6, 6.07) is 7.94. The number of anilines is 1. The van der Waals surface area contributed by atoms with Crippen molar-refractivity contribution in [1.82, 2.24) is 15.1 Å². The number of hydrogen-bond acceptors (Lipinski definition) is 5. The summed E-state index contributed by atoms with van der Waals surface area (Å²) in [4.78, 5) is 31.4. The lowest BCUT2D eigenvalue weighted by molar-refractivity contribution is -0.125. The van der Waals surface area contributed by atoms with Crippen molar-refractivity contribution in [3.63, 3.8) is 0 Å². The number of aromatic amines is 1. The van der Waals surface area contributed by atoms with Gasteiger partial charge < -0.3 is 10.6 Å². The summed E-state index contributed by atoms with van der Waals surface area (Å²) >= 11 is 0. The van der Waals surface area contributed by atoms with Crippen molar-refractivity contribution < 1.29 is 4.79 Å².